The van der Waals surface area contributed by atoms with Gasteiger partial charge in [0, 0.05) is 5.75 Å². The minimum absolute atomic E-state index is 0.437. The molecule has 162 valence electrons. The summed E-state index contributed by atoms with van der Waals surface area (Å²) < 4.78 is 2.56. The molecule has 0 bridgehead atoms. The van der Waals surface area contributed by atoms with Gasteiger partial charge in [0.05, 0.1) is 0 Å². The number of carbonyl (C=O) groups is 1. The fourth-order valence-electron chi connectivity index (χ4n) is 3.55. The minimum atomic E-state index is -0.437. The number of primary amides is 1. The van der Waals surface area contributed by atoms with Gasteiger partial charge in [-0.25, -0.2) is 4.79 Å². The van der Waals surface area contributed by atoms with Gasteiger partial charge >= 0.3 is 6.03 Å². The van der Waals surface area contributed by atoms with Crippen molar-refractivity contribution in [1.82, 2.24) is 4.72 Å². The highest BCUT2D eigenvalue weighted by molar-refractivity contribution is 7.97. The zero-order valence-corrected chi connectivity index (χ0v) is 19.1. The third kappa shape index (κ3) is 25.6. The van der Waals surface area contributed by atoms with Gasteiger partial charge in [0.25, 0.3) is 0 Å². The van der Waals surface area contributed by atoms with Crippen molar-refractivity contribution in [2.75, 3.05) is 5.75 Å². The van der Waals surface area contributed by atoms with Crippen LogP contribution in [0.15, 0.2) is 0 Å². The fourth-order valence-corrected chi connectivity index (χ4v) is 4.14. The van der Waals surface area contributed by atoms with Crippen molar-refractivity contribution in [3.05, 3.63) is 0 Å². The van der Waals surface area contributed by atoms with Crippen molar-refractivity contribution in [3.8, 4) is 0 Å². The van der Waals surface area contributed by atoms with Crippen LogP contribution in [-0.4, -0.2) is 11.8 Å². The number of hydrogen-bond donors (Lipinski definition) is 2. The van der Waals surface area contributed by atoms with Gasteiger partial charge in [0.1, 0.15) is 0 Å². The quantitative estimate of drug-likeness (QED) is 0.142. The molecule has 0 aromatic rings. The van der Waals surface area contributed by atoms with Crippen LogP contribution in [0.2, 0.25) is 0 Å². The molecule has 0 aromatic heterocycles. The predicted octanol–water partition coefficient (Wildman–Crippen LogP) is 8.12. The summed E-state index contributed by atoms with van der Waals surface area (Å²) in [6, 6.07) is -0.437. The number of nitrogens with one attached hydrogen (secondary N) is 1. The Labute approximate surface area is 174 Å². The van der Waals surface area contributed by atoms with E-state index in [1.54, 1.807) is 0 Å². The Morgan fingerprint density at radius 3 is 1.19 bits per heavy atom. The molecule has 0 radical (unpaired) electrons. The van der Waals surface area contributed by atoms with Crippen LogP contribution in [0.25, 0.3) is 0 Å². The van der Waals surface area contributed by atoms with Crippen LogP contribution in [0.5, 0.6) is 0 Å². The maximum atomic E-state index is 10.5. The van der Waals surface area contributed by atoms with Crippen LogP contribution in [0.3, 0.4) is 0 Å². The van der Waals surface area contributed by atoms with Crippen LogP contribution >= 0.6 is 11.9 Å². The molecule has 0 rings (SSSR count). The lowest BCUT2D eigenvalue weighted by Gasteiger charge is -2.04. The van der Waals surface area contributed by atoms with Crippen LogP contribution in [-0.2, 0) is 0 Å². The van der Waals surface area contributed by atoms with E-state index in [0.29, 0.717) is 0 Å². The first-order valence-electron chi connectivity index (χ1n) is 11.9. The number of urea groups is 1. The maximum absolute atomic E-state index is 10.5. The van der Waals surface area contributed by atoms with E-state index in [-0.39, 0.29) is 0 Å². The second kappa shape index (κ2) is 23.7. The first kappa shape index (κ1) is 26.6. The topological polar surface area (TPSA) is 55.1 Å². The molecule has 0 spiro atoms. The summed E-state index contributed by atoms with van der Waals surface area (Å²) in [5.41, 5.74) is 5.01. The number of hydrogen-bond acceptors (Lipinski definition) is 2. The smallest absolute Gasteiger partial charge is 0.322 e. The molecule has 4 heteroatoms. The van der Waals surface area contributed by atoms with Crippen molar-refractivity contribution in [3.63, 3.8) is 0 Å². The van der Waals surface area contributed by atoms with E-state index in [1.807, 2.05) is 0 Å². The zero-order chi connectivity index (χ0) is 19.8. The highest BCUT2D eigenvalue weighted by Gasteiger charge is 1.96. The number of amides is 2. The van der Waals surface area contributed by atoms with E-state index in [2.05, 4.69) is 11.6 Å². The number of nitrogens with two attached hydrogens (primary N) is 1. The van der Waals surface area contributed by atoms with Gasteiger partial charge in [-0.3, -0.25) is 4.72 Å². The largest absolute Gasteiger partial charge is 0.351 e. The van der Waals surface area contributed by atoms with E-state index < -0.39 is 6.03 Å². The van der Waals surface area contributed by atoms with E-state index in [0.717, 1.165) is 5.75 Å². The standard InChI is InChI=1S/C23H48N2OS/c1-2-3-4-5-6-7-8-9-10-11-12-13-14-15-16-17-18-19-20-21-22-27-25-23(24)26/h2-22H2,1H3,(H3,24,25,26). The Bertz CT molecular complexity index is 300. The van der Waals surface area contributed by atoms with E-state index in [1.165, 1.54) is 140 Å². The van der Waals surface area contributed by atoms with Crippen molar-refractivity contribution in [2.45, 2.75) is 135 Å². The molecule has 0 heterocycles. The Morgan fingerprint density at radius 2 is 0.889 bits per heavy atom. The summed E-state index contributed by atoms with van der Waals surface area (Å²) in [5.74, 6) is 0.974. The van der Waals surface area contributed by atoms with Crippen molar-refractivity contribution < 1.29 is 4.79 Å². The maximum Gasteiger partial charge on any atom is 0.322 e. The summed E-state index contributed by atoms with van der Waals surface area (Å²) in [7, 11) is 0. The van der Waals surface area contributed by atoms with Crippen LogP contribution < -0.4 is 10.5 Å². The van der Waals surface area contributed by atoms with Crippen molar-refractivity contribution >= 4 is 18.0 Å². The molecule has 27 heavy (non-hydrogen) atoms. The molecule has 0 unspecified atom stereocenters. The van der Waals surface area contributed by atoms with Gasteiger partial charge in [-0.1, -0.05) is 129 Å². The summed E-state index contributed by atoms with van der Waals surface area (Å²) in [6.45, 7) is 2.29. The van der Waals surface area contributed by atoms with E-state index in [4.69, 9.17) is 5.73 Å². The third-order valence-corrected chi connectivity index (χ3v) is 6.11. The Morgan fingerprint density at radius 1 is 0.593 bits per heavy atom. The number of carbonyl (C=O) groups excluding carboxylic acids is 1. The summed E-state index contributed by atoms with van der Waals surface area (Å²) >= 11 is 1.43. The molecule has 3 nitrogen and oxygen atoms in total. The summed E-state index contributed by atoms with van der Waals surface area (Å²) in [4.78, 5) is 10.5. The van der Waals surface area contributed by atoms with Gasteiger partial charge in [-0.05, 0) is 18.4 Å². The fraction of sp³-hybridized carbons (Fsp3) is 0.957. The Kier molecular flexibility index (Phi) is 23.3. The van der Waals surface area contributed by atoms with Crippen LogP contribution in [0.4, 0.5) is 4.79 Å². The van der Waals surface area contributed by atoms with E-state index >= 15 is 0 Å². The predicted molar refractivity (Wildman–Crippen MR) is 123 cm³/mol. The van der Waals surface area contributed by atoms with Crippen LogP contribution in [0.1, 0.15) is 135 Å². The highest BCUT2D eigenvalue weighted by atomic mass is 32.2. The lowest BCUT2D eigenvalue weighted by atomic mass is 10.0. The highest BCUT2D eigenvalue weighted by Crippen LogP contribution is 2.15. The monoisotopic (exact) mass is 400 g/mol. The normalized spacial score (nSPS) is 11.0. The minimum Gasteiger partial charge on any atom is -0.351 e. The van der Waals surface area contributed by atoms with Gasteiger partial charge in [-0.15, -0.1) is 0 Å². The lowest BCUT2D eigenvalue weighted by molar-refractivity contribution is 0.254. The molecular weight excluding hydrogens is 352 g/mol. The average molecular weight is 401 g/mol. The van der Waals surface area contributed by atoms with Crippen LogP contribution in [0, 0.1) is 0 Å². The zero-order valence-electron chi connectivity index (χ0n) is 18.2. The van der Waals surface area contributed by atoms with Crippen molar-refractivity contribution in [2.24, 2.45) is 5.73 Å². The molecule has 0 aliphatic carbocycles. The second-order valence-electron chi connectivity index (χ2n) is 8.03. The molecule has 3 N–H and O–H groups in total. The van der Waals surface area contributed by atoms with E-state index in [9.17, 15) is 4.79 Å². The first-order chi connectivity index (χ1) is 13.3. The van der Waals surface area contributed by atoms with Gasteiger partial charge in [0.2, 0.25) is 0 Å². The molecule has 0 atom stereocenters. The first-order valence-corrected chi connectivity index (χ1v) is 12.9. The molecule has 0 saturated carbocycles. The molecule has 2 amide bonds. The van der Waals surface area contributed by atoms with Gasteiger partial charge in [-0.2, -0.15) is 0 Å². The van der Waals surface area contributed by atoms with Crippen molar-refractivity contribution in [1.29, 1.82) is 0 Å². The van der Waals surface area contributed by atoms with Gasteiger partial charge < -0.3 is 5.73 Å². The SMILES string of the molecule is CCCCCCCCCCCCCCCCCCCCCCSNC(N)=O. The second-order valence-corrected chi connectivity index (χ2v) is 8.93. The van der Waals surface area contributed by atoms with Gasteiger partial charge in [0.15, 0.2) is 0 Å². The Hall–Kier alpha value is -0.380. The number of unbranched alkanes of at least 4 members (excludes halogenated alkanes) is 19. The molecule has 0 saturated heterocycles. The molecule has 0 aromatic carbocycles. The average Bonchev–Trinajstić information content (AvgIpc) is 2.65. The molecular formula is C23H48N2OS. The summed E-state index contributed by atoms with van der Waals surface area (Å²) in [5, 5.41) is 0. The molecule has 0 aliphatic heterocycles. The lowest BCUT2D eigenvalue weighted by Crippen LogP contribution is -2.23. The Balaban J connectivity index is 2.98. The molecule has 0 aliphatic rings. The number of rotatable bonds is 22. The molecule has 0 fully saturated rings. The summed E-state index contributed by atoms with van der Waals surface area (Å²) in [6.07, 6.45) is 28.2. The third-order valence-electron chi connectivity index (χ3n) is 5.27.